The SMILES string of the molecule is CC(=O)N1C(=O)C(=COC2C=C(C)C(=O)O2)[C@H]2C[C@@H]3CCC=C3[C@H]21. The number of imide groups is 1. The summed E-state index contributed by atoms with van der Waals surface area (Å²) in [6.07, 6.45) is 7.29. The third kappa shape index (κ3) is 2.12. The lowest BCUT2D eigenvalue weighted by atomic mass is 9.96. The lowest BCUT2D eigenvalue weighted by Crippen LogP contribution is -2.38. The predicted octanol–water partition coefficient (Wildman–Crippen LogP) is 1.83. The molecular weight excluding hydrogens is 310 g/mol. The third-order valence-electron chi connectivity index (χ3n) is 5.37. The molecule has 2 aliphatic carbocycles. The number of rotatable bonds is 2. The third-order valence-corrected chi connectivity index (χ3v) is 5.37. The Hall–Kier alpha value is -2.37. The van der Waals surface area contributed by atoms with Crippen LogP contribution in [-0.2, 0) is 23.9 Å². The van der Waals surface area contributed by atoms with E-state index in [2.05, 4.69) is 6.08 Å². The van der Waals surface area contributed by atoms with Gasteiger partial charge >= 0.3 is 5.97 Å². The highest BCUT2D eigenvalue weighted by molar-refractivity contribution is 6.07. The summed E-state index contributed by atoms with van der Waals surface area (Å²) < 4.78 is 10.5. The summed E-state index contributed by atoms with van der Waals surface area (Å²) in [6, 6.07) is -0.166. The maximum Gasteiger partial charge on any atom is 0.336 e. The maximum absolute atomic E-state index is 12.7. The Bertz CT molecular complexity index is 732. The second-order valence-electron chi connectivity index (χ2n) is 6.79. The number of ether oxygens (including phenoxy) is 2. The molecule has 0 aromatic carbocycles. The first-order valence-electron chi connectivity index (χ1n) is 8.26. The lowest BCUT2D eigenvalue weighted by Gasteiger charge is -2.21. The highest BCUT2D eigenvalue weighted by Crippen LogP contribution is 2.52. The molecule has 2 fully saturated rings. The molecule has 2 aliphatic heterocycles. The van der Waals surface area contributed by atoms with Gasteiger partial charge in [-0.05, 0) is 37.7 Å². The molecule has 4 atom stereocenters. The van der Waals surface area contributed by atoms with Gasteiger partial charge in [0.1, 0.15) is 0 Å². The average Bonchev–Trinajstić information content (AvgIpc) is 3.21. The van der Waals surface area contributed by atoms with Crippen molar-refractivity contribution in [2.24, 2.45) is 11.8 Å². The molecule has 0 aromatic rings. The molecule has 0 bridgehead atoms. The Morgan fingerprint density at radius 2 is 2.21 bits per heavy atom. The van der Waals surface area contributed by atoms with Gasteiger partial charge in [0.2, 0.25) is 5.91 Å². The van der Waals surface area contributed by atoms with E-state index in [1.807, 2.05) is 0 Å². The van der Waals surface area contributed by atoms with Gasteiger partial charge in [0.25, 0.3) is 12.2 Å². The number of nitrogens with zero attached hydrogens (tertiary/aromatic N) is 1. The largest absolute Gasteiger partial charge is 0.458 e. The van der Waals surface area contributed by atoms with Gasteiger partial charge in [-0.15, -0.1) is 0 Å². The zero-order valence-electron chi connectivity index (χ0n) is 13.7. The van der Waals surface area contributed by atoms with E-state index < -0.39 is 12.3 Å². The minimum Gasteiger partial charge on any atom is -0.458 e. The van der Waals surface area contributed by atoms with E-state index in [1.54, 1.807) is 13.0 Å². The van der Waals surface area contributed by atoms with Crippen molar-refractivity contribution in [3.63, 3.8) is 0 Å². The molecule has 24 heavy (non-hydrogen) atoms. The normalized spacial score (nSPS) is 35.8. The minimum absolute atomic E-state index is 0.0277. The van der Waals surface area contributed by atoms with E-state index in [1.165, 1.54) is 23.7 Å². The van der Waals surface area contributed by atoms with Gasteiger partial charge < -0.3 is 9.47 Å². The van der Waals surface area contributed by atoms with Gasteiger partial charge in [0, 0.05) is 24.5 Å². The fraction of sp³-hybridized carbons (Fsp3) is 0.500. The second kappa shape index (κ2) is 5.33. The van der Waals surface area contributed by atoms with Crippen LogP contribution in [0.5, 0.6) is 0 Å². The number of carbonyl (C=O) groups excluding carboxylic acids is 3. The number of cyclic esters (lactones) is 1. The summed E-state index contributed by atoms with van der Waals surface area (Å²) >= 11 is 0. The summed E-state index contributed by atoms with van der Waals surface area (Å²) in [4.78, 5) is 37.4. The molecule has 0 spiro atoms. The first-order valence-corrected chi connectivity index (χ1v) is 8.26. The van der Waals surface area contributed by atoms with Crippen LogP contribution in [0.2, 0.25) is 0 Å². The Balaban J connectivity index is 1.61. The molecule has 6 nitrogen and oxygen atoms in total. The molecule has 1 saturated carbocycles. The van der Waals surface area contributed by atoms with Crippen LogP contribution in [-0.4, -0.2) is 35.0 Å². The average molecular weight is 329 g/mol. The van der Waals surface area contributed by atoms with Crippen LogP contribution >= 0.6 is 0 Å². The Morgan fingerprint density at radius 1 is 1.42 bits per heavy atom. The van der Waals surface area contributed by atoms with Crippen molar-refractivity contribution in [3.8, 4) is 0 Å². The van der Waals surface area contributed by atoms with Crippen molar-refractivity contribution in [1.29, 1.82) is 0 Å². The van der Waals surface area contributed by atoms with Crippen molar-refractivity contribution < 1.29 is 23.9 Å². The zero-order valence-corrected chi connectivity index (χ0v) is 13.7. The molecule has 1 unspecified atom stereocenters. The van der Waals surface area contributed by atoms with E-state index in [-0.39, 0.29) is 23.8 Å². The minimum atomic E-state index is -0.803. The topological polar surface area (TPSA) is 72.9 Å². The number of allylic oxidation sites excluding steroid dienone is 1. The molecule has 1 saturated heterocycles. The first kappa shape index (κ1) is 15.2. The van der Waals surface area contributed by atoms with Crippen LogP contribution in [0.1, 0.15) is 33.1 Å². The molecule has 6 heteroatoms. The van der Waals surface area contributed by atoms with Crippen LogP contribution in [0.25, 0.3) is 0 Å². The van der Waals surface area contributed by atoms with Crippen molar-refractivity contribution in [1.82, 2.24) is 4.90 Å². The smallest absolute Gasteiger partial charge is 0.336 e. The van der Waals surface area contributed by atoms with Crippen LogP contribution in [0.3, 0.4) is 0 Å². The van der Waals surface area contributed by atoms with Gasteiger partial charge in [-0.25, -0.2) is 4.79 Å². The van der Waals surface area contributed by atoms with Gasteiger partial charge in [-0.1, -0.05) is 6.08 Å². The first-order chi connectivity index (χ1) is 11.5. The molecule has 0 N–H and O–H groups in total. The lowest BCUT2D eigenvalue weighted by molar-refractivity contribution is -0.152. The number of amides is 2. The van der Waals surface area contributed by atoms with Crippen LogP contribution in [0, 0.1) is 11.8 Å². The summed E-state index contributed by atoms with van der Waals surface area (Å²) in [7, 11) is 0. The quantitative estimate of drug-likeness (QED) is 0.334. The highest BCUT2D eigenvalue weighted by Gasteiger charge is 2.54. The predicted molar refractivity (Wildman–Crippen MR) is 83.0 cm³/mol. The molecule has 0 aromatic heterocycles. The Kier molecular flexibility index (Phi) is 3.37. The number of hydrogen-bond donors (Lipinski definition) is 0. The molecule has 0 radical (unpaired) electrons. The van der Waals surface area contributed by atoms with Crippen LogP contribution in [0.15, 0.2) is 35.1 Å². The van der Waals surface area contributed by atoms with E-state index >= 15 is 0 Å². The fourth-order valence-corrected chi connectivity index (χ4v) is 4.31. The Morgan fingerprint density at radius 3 is 2.88 bits per heavy atom. The molecule has 2 heterocycles. The molecule has 4 rings (SSSR count). The van der Waals surface area contributed by atoms with Gasteiger partial charge in [-0.2, -0.15) is 0 Å². The number of hydrogen-bond acceptors (Lipinski definition) is 5. The summed E-state index contributed by atoms with van der Waals surface area (Å²) in [5.74, 6) is -0.534. The summed E-state index contributed by atoms with van der Waals surface area (Å²) in [5.41, 5.74) is 2.20. The molecule has 2 amide bonds. The van der Waals surface area contributed by atoms with E-state index in [0.717, 1.165) is 19.3 Å². The Labute approximate surface area is 139 Å². The summed E-state index contributed by atoms with van der Waals surface area (Å²) in [6.45, 7) is 3.07. The van der Waals surface area contributed by atoms with Crippen molar-refractivity contribution in [2.75, 3.05) is 0 Å². The second-order valence-corrected chi connectivity index (χ2v) is 6.79. The fourth-order valence-electron chi connectivity index (χ4n) is 4.31. The standard InChI is InChI=1S/C18H19NO5/c1-9-6-15(24-18(9)22)23-8-14-13-7-11-4-3-5-12(11)16(13)19(10(2)20)17(14)21/h5-6,8,11,13,15-16H,3-4,7H2,1-2H3/t11-,13+,15?,16+/m0/s1. The van der Waals surface area contributed by atoms with Gasteiger partial charge in [-0.3, -0.25) is 14.5 Å². The number of fused-ring (bicyclic) bond motifs is 3. The van der Waals surface area contributed by atoms with Gasteiger partial charge in [0.15, 0.2) is 0 Å². The highest BCUT2D eigenvalue weighted by atomic mass is 16.7. The zero-order chi connectivity index (χ0) is 17.0. The van der Waals surface area contributed by atoms with Gasteiger partial charge in [0.05, 0.1) is 17.9 Å². The van der Waals surface area contributed by atoms with E-state index in [0.29, 0.717) is 17.1 Å². The van der Waals surface area contributed by atoms with Crippen molar-refractivity contribution >= 4 is 17.8 Å². The maximum atomic E-state index is 12.7. The monoisotopic (exact) mass is 329 g/mol. The molecular formula is C18H19NO5. The van der Waals surface area contributed by atoms with Crippen LogP contribution in [0.4, 0.5) is 0 Å². The number of likely N-dealkylation sites (tertiary alicyclic amines) is 1. The number of carbonyl (C=O) groups is 3. The molecule has 4 aliphatic rings. The summed E-state index contributed by atoms with van der Waals surface area (Å²) in [5, 5.41) is 0. The number of esters is 1. The van der Waals surface area contributed by atoms with Crippen molar-refractivity contribution in [2.45, 2.75) is 45.4 Å². The van der Waals surface area contributed by atoms with Crippen molar-refractivity contribution in [3.05, 3.63) is 35.1 Å². The van der Waals surface area contributed by atoms with E-state index in [4.69, 9.17) is 9.47 Å². The van der Waals surface area contributed by atoms with Crippen LogP contribution < -0.4 is 0 Å². The molecule has 126 valence electrons. The van der Waals surface area contributed by atoms with E-state index in [9.17, 15) is 14.4 Å².